The van der Waals surface area contributed by atoms with Crippen LogP contribution in [0.25, 0.3) is 0 Å². The Bertz CT molecular complexity index is 891. The van der Waals surface area contributed by atoms with Gasteiger partial charge in [-0.3, -0.25) is 0 Å². The Morgan fingerprint density at radius 2 is 1.19 bits per heavy atom. The summed E-state index contributed by atoms with van der Waals surface area (Å²) in [5.74, 6) is 1.58. The number of esters is 2. The van der Waals surface area contributed by atoms with Gasteiger partial charge in [-0.15, -0.1) is 0 Å². The molecule has 5 rings (SSSR count). The lowest BCUT2D eigenvalue weighted by Crippen LogP contribution is -2.37. The van der Waals surface area contributed by atoms with Crippen molar-refractivity contribution in [3.05, 3.63) is 18.7 Å². The van der Waals surface area contributed by atoms with Crippen LogP contribution in [-0.4, -0.2) is 55.1 Å². The minimum Gasteiger partial charge on any atom is -0.462 e. The summed E-state index contributed by atoms with van der Waals surface area (Å²) >= 11 is 0. The number of nitrogens with zero attached hydrogens (tertiary/aromatic N) is 2. The quantitative estimate of drug-likeness (QED) is 0.181. The number of rotatable bonds is 10. The van der Waals surface area contributed by atoms with Crippen molar-refractivity contribution in [2.45, 2.75) is 141 Å². The predicted octanol–water partition coefficient (Wildman–Crippen LogP) is 6.17. The minimum atomic E-state index is -0.236. The maximum Gasteiger partial charge on any atom is 0.348 e. The number of hydrogen-bond acceptors (Lipinski definition) is 6. The normalized spacial score (nSPS) is 28.7. The van der Waals surface area contributed by atoms with Gasteiger partial charge >= 0.3 is 11.9 Å². The second-order valence-corrected chi connectivity index (χ2v) is 13.9. The average Bonchev–Trinajstić information content (AvgIpc) is 3.40. The van der Waals surface area contributed by atoms with E-state index in [0.717, 1.165) is 51.7 Å². The van der Waals surface area contributed by atoms with Gasteiger partial charge in [-0.05, 0) is 87.9 Å². The van der Waals surface area contributed by atoms with E-state index < -0.39 is 0 Å². The molecule has 242 valence electrons. The van der Waals surface area contributed by atoms with E-state index in [-0.39, 0.29) is 25.0 Å². The molecule has 0 amide bonds. The molecule has 43 heavy (non-hydrogen) atoms. The minimum absolute atomic E-state index is 0.141. The SMILES string of the molecule is O=C(Cn1cc[n+](CC(=O)OCC2CCCOC(C3CCCCCC3)C2)c1)OCC1CCCOC(C2CCCCCC2)C1. The average molecular weight is 602 g/mol. The summed E-state index contributed by atoms with van der Waals surface area (Å²) in [6.07, 6.45) is 28.0. The van der Waals surface area contributed by atoms with E-state index in [1.807, 2.05) is 12.4 Å². The zero-order chi connectivity index (χ0) is 29.7. The molecule has 0 spiro atoms. The Hall–Kier alpha value is -1.93. The molecule has 4 fully saturated rings. The lowest BCUT2D eigenvalue weighted by molar-refractivity contribution is -0.685. The van der Waals surface area contributed by atoms with E-state index in [4.69, 9.17) is 18.9 Å². The zero-order valence-corrected chi connectivity index (χ0v) is 26.5. The van der Waals surface area contributed by atoms with E-state index in [2.05, 4.69) is 0 Å². The molecule has 4 atom stereocenters. The van der Waals surface area contributed by atoms with Gasteiger partial charge < -0.3 is 18.9 Å². The first-order chi connectivity index (χ1) is 21.1. The Labute approximate surface area is 259 Å². The first-order valence-corrected chi connectivity index (χ1v) is 17.7. The molecule has 0 N–H and O–H groups in total. The van der Waals surface area contributed by atoms with Gasteiger partial charge in [0.15, 0.2) is 13.1 Å². The monoisotopic (exact) mass is 601 g/mol. The molecule has 2 aliphatic carbocycles. The highest BCUT2D eigenvalue weighted by molar-refractivity contribution is 5.69. The van der Waals surface area contributed by atoms with Crippen LogP contribution in [0.3, 0.4) is 0 Å². The van der Waals surface area contributed by atoms with Crippen molar-refractivity contribution in [1.29, 1.82) is 0 Å². The number of carbonyl (C=O) groups is 2. The van der Waals surface area contributed by atoms with Gasteiger partial charge in [-0.1, -0.05) is 51.4 Å². The third kappa shape index (κ3) is 10.9. The predicted molar refractivity (Wildman–Crippen MR) is 163 cm³/mol. The Balaban J connectivity index is 1.01. The summed E-state index contributed by atoms with van der Waals surface area (Å²) in [4.78, 5) is 25.4. The summed E-state index contributed by atoms with van der Waals surface area (Å²) in [7, 11) is 0. The second-order valence-electron chi connectivity index (χ2n) is 13.9. The maximum atomic E-state index is 12.7. The standard InChI is InChI=1S/C35H57N2O6/c38-34(42-25-28-11-9-19-40-32(21-28)30-13-5-1-2-6-14-30)23-36-17-18-37(27-36)24-35(39)43-26-29-12-10-20-41-33(22-29)31-15-7-3-4-8-16-31/h17-18,27-33H,1-16,19-26H2/q+1. The van der Waals surface area contributed by atoms with Crippen molar-refractivity contribution in [1.82, 2.24) is 4.57 Å². The van der Waals surface area contributed by atoms with Crippen molar-refractivity contribution < 1.29 is 33.1 Å². The Morgan fingerprint density at radius 3 is 1.72 bits per heavy atom. The van der Waals surface area contributed by atoms with Crippen LogP contribution in [0.5, 0.6) is 0 Å². The van der Waals surface area contributed by atoms with E-state index in [9.17, 15) is 9.59 Å². The van der Waals surface area contributed by atoms with Gasteiger partial charge in [0.05, 0.1) is 25.4 Å². The summed E-state index contributed by atoms with van der Waals surface area (Å²) in [5.41, 5.74) is 0. The van der Waals surface area contributed by atoms with E-state index in [1.54, 1.807) is 15.5 Å². The number of imidazole rings is 1. The zero-order valence-electron chi connectivity index (χ0n) is 26.5. The smallest absolute Gasteiger partial charge is 0.348 e. The van der Waals surface area contributed by atoms with Crippen LogP contribution in [0, 0.1) is 23.7 Å². The number of hydrogen-bond donors (Lipinski definition) is 0. The molecule has 0 aromatic carbocycles. The van der Waals surface area contributed by atoms with Crippen molar-refractivity contribution >= 4 is 11.9 Å². The molecule has 2 saturated heterocycles. The Morgan fingerprint density at radius 1 is 0.674 bits per heavy atom. The number of ether oxygens (including phenoxy) is 4. The van der Waals surface area contributed by atoms with Crippen molar-refractivity contribution in [3.63, 3.8) is 0 Å². The summed E-state index contributed by atoms with van der Waals surface area (Å²) < 4.78 is 27.6. The van der Waals surface area contributed by atoms with E-state index >= 15 is 0 Å². The van der Waals surface area contributed by atoms with Crippen LogP contribution in [-0.2, 0) is 41.6 Å². The third-order valence-electron chi connectivity index (χ3n) is 10.5. The first kappa shape index (κ1) is 32.5. The van der Waals surface area contributed by atoms with Crippen molar-refractivity contribution in [3.8, 4) is 0 Å². The molecule has 4 unspecified atom stereocenters. The molecule has 1 aromatic heterocycles. The van der Waals surface area contributed by atoms with Crippen LogP contribution < -0.4 is 4.57 Å². The number of aromatic nitrogens is 2. The fraction of sp³-hybridized carbons (Fsp3) is 0.857. The highest BCUT2D eigenvalue weighted by Crippen LogP contribution is 2.34. The van der Waals surface area contributed by atoms with Crippen molar-refractivity contribution in [2.75, 3.05) is 26.4 Å². The molecular formula is C35H57N2O6+. The largest absolute Gasteiger partial charge is 0.462 e. The van der Waals surface area contributed by atoms with Crippen molar-refractivity contribution in [2.24, 2.45) is 23.7 Å². The fourth-order valence-corrected chi connectivity index (χ4v) is 8.00. The topological polar surface area (TPSA) is 79.9 Å². The van der Waals surface area contributed by atoms with Crippen LogP contribution in [0.4, 0.5) is 0 Å². The second kappa shape index (κ2) is 17.5. The van der Waals surface area contributed by atoms with Crippen LogP contribution in [0.15, 0.2) is 18.7 Å². The molecule has 3 heterocycles. The van der Waals surface area contributed by atoms with Crippen LogP contribution in [0.1, 0.15) is 116 Å². The van der Waals surface area contributed by atoms with E-state index in [0.29, 0.717) is 49.1 Å². The van der Waals surface area contributed by atoms with Gasteiger partial charge in [0.1, 0.15) is 12.4 Å². The summed E-state index contributed by atoms with van der Waals surface area (Å²) in [5, 5.41) is 0. The Kier molecular flexibility index (Phi) is 13.2. The lowest BCUT2D eigenvalue weighted by Gasteiger charge is -2.27. The summed E-state index contributed by atoms with van der Waals surface area (Å²) in [6.45, 7) is 2.87. The van der Waals surface area contributed by atoms with Crippen LogP contribution in [0.2, 0.25) is 0 Å². The molecule has 8 nitrogen and oxygen atoms in total. The summed E-state index contributed by atoms with van der Waals surface area (Å²) in [6, 6.07) is 0. The lowest BCUT2D eigenvalue weighted by atomic mass is 9.87. The highest BCUT2D eigenvalue weighted by Gasteiger charge is 2.30. The molecule has 8 heteroatoms. The molecular weight excluding hydrogens is 544 g/mol. The molecule has 2 saturated carbocycles. The fourth-order valence-electron chi connectivity index (χ4n) is 8.00. The van der Waals surface area contributed by atoms with Crippen LogP contribution >= 0.6 is 0 Å². The molecule has 0 radical (unpaired) electrons. The third-order valence-corrected chi connectivity index (χ3v) is 10.5. The van der Waals surface area contributed by atoms with Gasteiger partial charge in [-0.2, -0.15) is 0 Å². The van der Waals surface area contributed by atoms with Gasteiger partial charge in [0, 0.05) is 13.2 Å². The molecule has 2 aliphatic heterocycles. The molecule has 4 aliphatic rings. The first-order valence-electron chi connectivity index (χ1n) is 17.7. The maximum absolute atomic E-state index is 12.7. The number of carbonyl (C=O) groups excluding carboxylic acids is 2. The highest BCUT2D eigenvalue weighted by atomic mass is 16.5. The van der Waals surface area contributed by atoms with Gasteiger partial charge in [-0.25, -0.2) is 18.7 Å². The van der Waals surface area contributed by atoms with E-state index in [1.165, 1.54) is 77.0 Å². The molecule has 0 bridgehead atoms. The molecule has 1 aromatic rings. The van der Waals surface area contributed by atoms with Gasteiger partial charge in [0.2, 0.25) is 6.33 Å². The van der Waals surface area contributed by atoms with Gasteiger partial charge in [0.25, 0.3) is 0 Å².